The van der Waals surface area contributed by atoms with Crippen molar-refractivity contribution in [2.45, 2.75) is 26.2 Å². The molecular formula is C16H16BrN5O4S. The number of amides is 2. The van der Waals surface area contributed by atoms with Gasteiger partial charge in [-0.15, -0.1) is 10.2 Å². The molecule has 27 heavy (non-hydrogen) atoms. The molecule has 0 unspecified atom stereocenters. The first-order chi connectivity index (χ1) is 13.0. The van der Waals surface area contributed by atoms with E-state index in [9.17, 15) is 9.59 Å². The number of anilines is 1. The molecule has 142 valence electrons. The minimum atomic E-state index is -0.342. The summed E-state index contributed by atoms with van der Waals surface area (Å²) in [7, 11) is 0. The van der Waals surface area contributed by atoms with Gasteiger partial charge in [0, 0.05) is 16.5 Å². The third-order valence-electron chi connectivity index (χ3n) is 3.39. The molecule has 0 fully saturated rings. The summed E-state index contributed by atoms with van der Waals surface area (Å²) in [4.78, 5) is 23.5. The van der Waals surface area contributed by atoms with Crippen LogP contribution in [0, 0.1) is 0 Å². The van der Waals surface area contributed by atoms with Crippen LogP contribution in [0.2, 0.25) is 0 Å². The number of carbonyl (C=O) groups excluding carboxylic acids is 2. The van der Waals surface area contributed by atoms with Crippen molar-refractivity contribution in [3.05, 3.63) is 27.2 Å². The van der Waals surface area contributed by atoms with Crippen LogP contribution < -0.4 is 20.2 Å². The zero-order valence-electron chi connectivity index (χ0n) is 14.3. The van der Waals surface area contributed by atoms with Crippen molar-refractivity contribution in [1.82, 2.24) is 15.6 Å². The topological polar surface area (TPSA) is 115 Å². The molecule has 0 bridgehead atoms. The lowest BCUT2D eigenvalue weighted by Gasteiger charge is -2.01. The number of hydrogen-bond donors (Lipinski definition) is 2. The molecule has 0 aliphatic carbocycles. The van der Waals surface area contributed by atoms with E-state index in [1.165, 1.54) is 6.21 Å². The molecule has 0 spiro atoms. The molecule has 0 atom stereocenters. The Morgan fingerprint density at radius 2 is 2.07 bits per heavy atom. The summed E-state index contributed by atoms with van der Waals surface area (Å²) >= 11 is 4.57. The Morgan fingerprint density at radius 1 is 1.30 bits per heavy atom. The monoisotopic (exact) mass is 453 g/mol. The summed E-state index contributed by atoms with van der Waals surface area (Å²) < 4.78 is 11.4. The predicted octanol–water partition coefficient (Wildman–Crippen LogP) is 2.46. The lowest BCUT2D eigenvalue weighted by Crippen LogP contribution is -2.19. The first-order valence-electron chi connectivity index (χ1n) is 8.08. The maximum absolute atomic E-state index is 12.0. The minimum absolute atomic E-state index is 0.0148. The standard InChI is InChI=1S/C16H16BrN5O4S/c1-2-3-13(23)19-16-22-21-15(27-16)6-14(24)20-18-7-9-4-11-12(5-10(9)17)26-8-25-11/h4-5,7H,2-3,6,8H2,1H3,(H,20,24)(H,19,22,23)/b18-7-. The van der Waals surface area contributed by atoms with E-state index in [4.69, 9.17) is 9.47 Å². The second kappa shape index (κ2) is 8.91. The molecule has 2 N–H and O–H groups in total. The molecule has 1 aromatic heterocycles. The van der Waals surface area contributed by atoms with E-state index in [-0.39, 0.29) is 25.0 Å². The Kier molecular flexibility index (Phi) is 6.35. The highest BCUT2D eigenvalue weighted by atomic mass is 79.9. The maximum Gasteiger partial charge on any atom is 0.247 e. The van der Waals surface area contributed by atoms with Crippen molar-refractivity contribution < 1.29 is 19.1 Å². The smallest absolute Gasteiger partial charge is 0.247 e. The number of carbonyl (C=O) groups is 2. The fourth-order valence-corrected chi connectivity index (χ4v) is 3.35. The Balaban J connectivity index is 1.52. The first-order valence-corrected chi connectivity index (χ1v) is 9.69. The molecule has 2 heterocycles. The molecular weight excluding hydrogens is 438 g/mol. The molecule has 1 aliphatic heterocycles. The van der Waals surface area contributed by atoms with Gasteiger partial charge in [-0.25, -0.2) is 5.43 Å². The third kappa shape index (κ3) is 5.23. The fourth-order valence-electron chi connectivity index (χ4n) is 2.17. The van der Waals surface area contributed by atoms with E-state index in [0.29, 0.717) is 28.1 Å². The van der Waals surface area contributed by atoms with Gasteiger partial charge in [0.2, 0.25) is 23.7 Å². The maximum atomic E-state index is 12.0. The van der Waals surface area contributed by atoms with E-state index in [1.54, 1.807) is 12.1 Å². The number of fused-ring (bicyclic) bond motifs is 1. The van der Waals surface area contributed by atoms with Gasteiger partial charge >= 0.3 is 0 Å². The number of ether oxygens (including phenoxy) is 2. The summed E-state index contributed by atoms with van der Waals surface area (Å²) in [5, 5.41) is 15.2. The van der Waals surface area contributed by atoms with Crippen LogP contribution in [0.25, 0.3) is 0 Å². The molecule has 1 aliphatic rings. The lowest BCUT2D eigenvalue weighted by molar-refractivity contribution is -0.120. The van der Waals surface area contributed by atoms with Crippen LogP contribution in [-0.4, -0.2) is 35.0 Å². The summed E-state index contributed by atoms with van der Waals surface area (Å²) in [6, 6.07) is 3.54. The molecule has 0 saturated heterocycles. The van der Waals surface area contributed by atoms with E-state index in [0.717, 1.165) is 27.8 Å². The van der Waals surface area contributed by atoms with Gasteiger partial charge in [0.05, 0.1) is 12.6 Å². The second-order valence-corrected chi connectivity index (χ2v) is 7.41. The highest BCUT2D eigenvalue weighted by Crippen LogP contribution is 2.36. The average molecular weight is 454 g/mol. The van der Waals surface area contributed by atoms with Crippen molar-refractivity contribution in [2.75, 3.05) is 12.1 Å². The van der Waals surface area contributed by atoms with Crippen LogP contribution in [0.1, 0.15) is 30.3 Å². The second-order valence-electron chi connectivity index (χ2n) is 5.50. The highest BCUT2D eigenvalue weighted by molar-refractivity contribution is 9.10. The van der Waals surface area contributed by atoms with Crippen LogP contribution in [0.5, 0.6) is 11.5 Å². The van der Waals surface area contributed by atoms with Gasteiger partial charge in [0.1, 0.15) is 5.01 Å². The van der Waals surface area contributed by atoms with Gasteiger partial charge < -0.3 is 14.8 Å². The average Bonchev–Trinajstić information content (AvgIpc) is 3.24. The van der Waals surface area contributed by atoms with Crippen molar-refractivity contribution in [3.63, 3.8) is 0 Å². The largest absolute Gasteiger partial charge is 0.454 e. The molecule has 2 amide bonds. The van der Waals surface area contributed by atoms with Gasteiger partial charge in [-0.1, -0.05) is 18.3 Å². The van der Waals surface area contributed by atoms with Crippen molar-refractivity contribution >= 4 is 50.4 Å². The Morgan fingerprint density at radius 3 is 2.85 bits per heavy atom. The SMILES string of the molecule is CCCC(=O)Nc1nnc(CC(=O)N/N=C\c2cc3c(cc2Br)OCO3)s1. The van der Waals surface area contributed by atoms with Gasteiger partial charge in [0.15, 0.2) is 11.5 Å². The molecule has 3 rings (SSSR count). The zero-order valence-corrected chi connectivity index (χ0v) is 16.7. The van der Waals surface area contributed by atoms with Crippen LogP contribution in [-0.2, 0) is 16.0 Å². The Labute approximate surface area is 167 Å². The van der Waals surface area contributed by atoms with Gasteiger partial charge in [-0.3, -0.25) is 9.59 Å². The van der Waals surface area contributed by atoms with E-state index < -0.39 is 0 Å². The summed E-state index contributed by atoms with van der Waals surface area (Å²) in [6.07, 6.45) is 2.68. The summed E-state index contributed by atoms with van der Waals surface area (Å²) in [5.41, 5.74) is 3.17. The molecule has 0 saturated carbocycles. The normalized spacial score (nSPS) is 12.4. The fraction of sp³-hybridized carbons (Fsp3) is 0.312. The number of rotatable bonds is 7. The minimum Gasteiger partial charge on any atom is -0.454 e. The summed E-state index contributed by atoms with van der Waals surface area (Å²) in [5.74, 6) is 0.813. The van der Waals surface area contributed by atoms with Crippen LogP contribution in [0.4, 0.5) is 5.13 Å². The van der Waals surface area contributed by atoms with Crippen LogP contribution in [0.3, 0.4) is 0 Å². The Bertz CT molecular complexity index is 886. The number of hydrazone groups is 1. The van der Waals surface area contributed by atoms with E-state index >= 15 is 0 Å². The molecule has 9 nitrogen and oxygen atoms in total. The molecule has 11 heteroatoms. The van der Waals surface area contributed by atoms with Gasteiger partial charge in [0.25, 0.3) is 0 Å². The lowest BCUT2D eigenvalue weighted by atomic mass is 10.2. The van der Waals surface area contributed by atoms with Gasteiger partial charge in [-0.2, -0.15) is 5.10 Å². The van der Waals surface area contributed by atoms with Gasteiger partial charge in [-0.05, 0) is 34.5 Å². The summed E-state index contributed by atoms with van der Waals surface area (Å²) in [6.45, 7) is 2.10. The first kappa shape index (κ1) is 19.2. The van der Waals surface area contributed by atoms with Crippen molar-refractivity contribution in [2.24, 2.45) is 5.10 Å². The van der Waals surface area contributed by atoms with E-state index in [1.807, 2.05) is 6.92 Å². The molecule has 0 radical (unpaired) electrons. The Hall–Kier alpha value is -2.53. The number of benzene rings is 1. The molecule has 1 aromatic carbocycles. The van der Waals surface area contributed by atoms with Crippen molar-refractivity contribution in [1.29, 1.82) is 0 Å². The van der Waals surface area contributed by atoms with Crippen LogP contribution >= 0.6 is 27.3 Å². The number of halogens is 1. The number of hydrogen-bond acceptors (Lipinski definition) is 8. The zero-order chi connectivity index (χ0) is 19.2. The predicted molar refractivity (Wildman–Crippen MR) is 103 cm³/mol. The number of nitrogens with zero attached hydrogens (tertiary/aromatic N) is 3. The van der Waals surface area contributed by atoms with Crippen LogP contribution in [0.15, 0.2) is 21.7 Å². The quantitative estimate of drug-likeness (QED) is 0.491. The third-order valence-corrected chi connectivity index (χ3v) is 4.91. The molecule has 2 aromatic rings. The number of nitrogens with one attached hydrogen (secondary N) is 2. The highest BCUT2D eigenvalue weighted by Gasteiger charge is 2.15. The van der Waals surface area contributed by atoms with E-state index in [2.05, 4.69) is 42.0 Å². The van der Waals surface area contributed by atoms with Crippen molar-refractivity contribution in [3.8, 4) is 11.5 Å². The number of aromatic nitrogens is 2.